The molecule has 4 rings (SSSR count). The van der Waals surface area contributed by atoms with Crippen LogP contribution in [0.5, 0.6) is 0 Å². The minimum Gasteiger partial charge on any atom is -0.444 e. The van der Waals surface area contributed by atoms with E-state index in [-0.39, 0.29) is 35.5 Å². The van der Waals surface area contributed by atoms with E-state index in [9.17, 15) is 18.4 Å². The van der Waals surface area contributed by atoms with Gasteiger partial charge in [-0.25, -0.2) is 18.6 Å². The van der Waals surface area contributed by atoms with Crippen LogP contribution in [0.15, 0.2) is 35.6 Å². The molecule has 0 radical (unpaired) electrons. The number of amides is 1. The number of rotatable bonds is 4. The molecular formula is C23H26F2N6O3. The highest BCUT2D eigenvalue weighted by atomic mass is 19.3. The summed E-state index contributed by atoms with van der Waals surface area (Å²) in [5, 5.41) is 0. The lowest BCUT2D eigenvalue weighted by atomic mass is 9.90. The Bertz CT molecular complexity index is 1250. The van der Waals surface area contributed by atoms with E-state index >= 15 is 0 Å². The molecule has 1 fully saturated rings. The van der Waals surface area contributed by atoms with Crippen LogP contribution in [0.3, 0.4) is 0 Å². The smallest absolute Gasteiger partial charge is 0.410 e. The molecule has 0 spiro atoms. The van der Waals surface area contributed by atoms with Crippen molar-refractivity contribution in [1.82, 2.24) is 29.4 Å². The first-order valence-electron chi connectivity index (χ1n) is 11.0. The summed E-state index contributed by atoms with van der Waals surface area (Å²) in [6.07, 6.45) is 3.39. The Labute approximate surface area is 194 Å². The second kappa shape index (κ2) is 9.40. The van der Waals surface area contributed by atoms with Crippen LogP contribution in [0.25, 0.3) is 11.2 Å². The fraction of sp³-hybridized carbons (Fsp3) is 0.478. The molecule has 1 aliphatic rings. The van der Waals surface area contributed by atoms with Crippen LogP contribution in [0.4, 0.5) is 13.6 Å². The number of piperidine rings is 1. The highest BCUT2D eigenvalue weighted by Gasteiger charge is 2.29. The molecule has 0 aliphatic carbocycles. The number of carbonyl (C=O) groups excluding carboxylic acids is 1. The van der Waals surface area contributed by atoms with Crippen LogP contribution in [-0.4, -0.2) is 54.2 Å². The van der Waals surface area contributed by atoms with Crippen molar-refractivity contribution in [2.24, 2.45) is 0 Å². The summed E-state index contributed by atoms with van der Waals surface area (Å²) >= 11 is 0. The first kappa shape index (κ1) is 23.7. The SMILES string of the molecule is CC(C)(C)OC(=O)N1CCC(c2cc3nccnc3n(Cc3nccnc3C(F)F)c2=O)CC1. The van der Waals surface area contributed by atoms with Gasteiger partial charge < -0.3 is 9.64 Å². The van der Waals surface area contributed by atoms with Crippen LogP contribution in [0, 0.1) is 0 Å². The summed E-state index contributed by atoms with van der Waals surface area (Å²) in [5.74, 6) is -0.125. The number of alkyl halides is 2. The lowest BCUT2D eigenvalue weighted by molar-refractivity contribution is 0.0204. The molecule has 1 aliphatic heterocycles. The lowest BCUT2D eigenvalue weighted by Crippen LogP contribution is -2.42. The van der Waals surface area contributed by atoms with E-state index in [1.807, 2.05) is 20.8 Å². The van der Waals surface area contributed by atoms with Gasteiger partial charge in [0.05, 0.1) is 12.2 Å². The maximum absolute atomic E-state index is 13.5. The maximum Gasteiger partial charge on any atom is 0.410 e. The quantitative estimate of drug-likeness (QED) is 0.571. The van der Waals surface area contributed by atoms with E-state index in [4.69, 9.17) is 4.74 Å². The zero-order valence-electron chi connectivity index (χ0n) is 19.2. The van der Waals surface area contributed by atoms with E-state index in [2.05, 4.69) is 19.9 Å². The van der Waals surface area contributed by atoms with E-state index in [1.165, 1.54) is 29.4 Å². The number of ether oxygens (including phenoxy) is 1. The molecule has 3 aromatic heterocycles. The number of pyridine rings is 1. The molecule has 34 heavy (non-hydrogen) atoms. The molecule has 0 aromatic carbocycles. The average molecular weight is 472 g/mol. The molecule has 9 nitrogen and oxygen atoms in total. The van der Waals surface area contributed by atoms with Crippen molar-refractivity contribution < 1.29 is 18.3 Å². The van der Waals surface area contributed by atoms with Crippen LogP contribution in [0.2, 0.25) is 0 Å². The van der Waals surface area contributed by atoms with Crippen LogP contribution in [-0.2, 0) is 11.3 Å². The van der Waals surface area contributed by atoms with Gasteiger partial charge in [0.25, 0.3) is 12.0 Å². The first-order chi connectivity index (χ1) is 16.1. The molecule has 3 aromatic rings. The zero-order chi connectivity index (χ0) is 24.5. The van der Waals surface area contributed by atoms with Crippen molar-refractivity contribution in [3.8, 4) is 0 Å². The number of carbonyl (C=O) groups is 1. The molecule has 0 bridgehead atoms. The number of fused-ring (bicyclic) bond motifs is 1. The molecule has 1 saturated heterocycles. The number of nitrogens with zero attached hydrogens (tertiary/aromatic N) is 6. The number of likely N-dealkylation sites (tertiary alicyclic amines) is 1. The third kappa shape index (κ3) is 5.02. The van der Waals surface area contributed by atoms with Crippen LogP contribution in [0.1, 0.15) is 62.9 Å². The molecule has 0 N–H and O–H groups in total. The van der Waals surface area contributed by atoms with Gasteiger partial charge in [0.2, 0.25) is 0 Å². The van der Waals surface area contributed by atoms with E-state index in [0.717, 1.165) is 0 Å². The van der Waals surface area contributed by atoms with Gasteiger partial charge in [-0.05, 0) is 45.6 Å². The monoisotopic (exact) mass is 472 g/mol. The Morgan fingerprint density at radius 1 is 1.09 bits per heavy atom. The average Bonchev–Trinajstić information content (AvgIpc) is 2.80. The Morgan fingerprint density at radius 2 is 1.74 bits per heavy atom. The van der Waals surface area contributed by atoms with Crippen LogP contribution >= 0.6 is 0 Å². The fourth-order valence-corrected chi connectivity index (χ4v) is 4.08. The summed E-state index contributed by atoms with van der Waals surface area (Å²) in [6.45, 7) is 6.12. The van der Waals surface area contributed by atoms with Gasteiger partial charge in [-0.3, -0.25) is 24.3 Å². The maximum atomic E-state index is 13.5. The standard InChI is InChI=1S/C23H26F2N6O3/c1-23(2,3)34-22(33)30-10-4-14(5-11-30)15-12-16-20(29-9-7-26-16)31(21(15)32)13-17-18(19(24)25)28-8-6-27-17/h6-9,12,14,19H,4-5,10-11,13H2,1-3H3. The molecule has 0 saturated carbocycles. The molecule has 180 valence electrons. The third-order valence-corrected chi connectivity index (χ3v) is 5.65. The molecule has 11 heteroatoms. The highest BCUT2D eigenvalue weighted by molar-refractivity contribution is 5.71. The van der Waals surface area contributed by atoms with Crippen LogP contribution < -0.4 is 5.56 Å². The first-order valence-corrected chi connectivity index (χ1v) is 11.0. The van der Waals surface area contributed by atoms with Crippen molar-refractivity contribution in [3.63, 3.8) is 0 Å². The summed E-state index contributed by atoms with van der Waals surface area (Å²) in [7, 11) is 0. The second-order valence-corrected chi connectivity index (χ2v) is 9.19. The van der Waals surface area contributed by atoms with E-state index in [1.54, 1.807) is 11.0 Å². The normalized spacial score (nSPS) is 15.2. The van der Waals surface area contributed by atoms with Gasteiger partial charge in [-0.15, -0.1) is 0 Å². The van der Waals surface area contributed by atoms with Crippen molar-refractivity contribution in [3.05, 3.63) is 58.2 Å². The zero-order valence-corrected chi connectivity index (χ0v) is 19.2. The number of aromatic nitrogens is 5. The molecular weight excluding hydrogens is 446 g/mol. The van der Waals surface area contributed by atoms with Crippen molar-refractivity contribution >= 4 is 17.3 Å². The minimum absolute atomic E-state index is 0.00319. The van der Waals surface area contributed by atoms with Gasteiger partial charge in [0, 0.05) is 43.4 Å². The van der Waals surface area contributed by atoms with Gasteiger partial charge in [-0.2, -0.15) is 0 Å². The lowest BCUT2D eigenvalue weighted by Gasteiger charge is -2.33. The van der Waals surface area contributed by atoms with Crippen molar-refractivity contribution in [1.29, 1.82) is 0 Å². The van der Waals surface area contributed by atoms with Gasteiger partial charge in [0.1, 0.15) is 16.8 Å². The van der Waals surface area contributed by atoms with Gasteiger partial charge in [0.15, 0.2) is 5.65 Å². The number of halogens is 2. The Hall–Kier alpha value is -3.50. The predicted molar refractivity (Wildman–Crippen MR) is 120 cm³/mol. The molecule has 1 amide bonds. The summed E-state index contributed by atoms with van der Waals surface area (Å²) in [5.41, 5.74) is -0.113. The molecule has 0 atom stereocenters. The van der Waals surface area contributed by atoms with E-state index < -0.39 is 17.7 Å². The topological polar surface area (TPSA) is 103 Å². The number of hydrogen-bond acceptors (Lipinski definition) is 7. The summed E-state index contributed by atoms with van der Waals surface area (Å²) in [4.78, 5) is 43.9. The van der Waals surface area contributed by atoms with E-state index in [0.29, 0.717) is 37.0 Å². The Morgan fingerprint density at radius 3 is 2.41 bits per heavy atom. The largest absolute Gasteiger partial charge is 0.444 e. The Kier molecular flexibility index (Phi) is 6.54. The molecule has 0 unspecified atom stereocenters. The Balaban J connectivity index is 1.65. The summed E-state index contributed by atoms with van der Waals surface area (Å²) < 4.78 is 33.7. The fourth-order valence-electron chi connectivity index (χ4n) is 4.08. The minimum atomic E-state index is -2.82. The summed E-state index contributed by atoms with van der Waals surface area (Å²) in [6, 6.07) is 1.71. The third-order valence-electron chi connectivity index (χ3n) is 5.65. The van der Waals surface area contributed by atoms with Crippen molar-refractivity contribution in [2.45, 2.75) is 58.1 Å². The number of hydrogen-bond donors (Lipinski definition) is 0. The van der Waals surface area contributed by atoms with Crippen molar-refractivity contribution in [2.75, 3.05) is 13.1 Å². The predicted octanol–water partition coefficient (Wildman–Crippen LogP) is 3.68. The molecule has 4 heterocycles. The second-order valence-electron chi connectivity index (χ2n) is 9.19. The van der Waals surface area contributed by atoms with Gasteiger partial charge >= 0.3 is 6.09 Å². The van der Waals surface area contributed by atoms with Gasteiger partial charge in [-0.1, -0.05) is 0 Å². The highest BCUT2D eigenvalue weighted by Crippen LogP contribution is 2.28.